The minimum atomic E-state index is -0.560. The molecule has 0 saturated carbocycles. The minimum Gasteiger partial charge on any atom is -0.348 e. The fourth-order valence-corrected chi connectivity index (χ4v) is 4.02. The molecule has 0 aliphatic rings. The van der Waals surface area contributed by atoms with Crippen molar-refractivity contribution in [2.24, 2.45) is 0 Å². The van der Waals surface area contributed by atoms with Crippen molar-refractivity contribution in [3.8, 4) is 11.3 Å². The molecule has 0 radical (unpaired) electrons. The highest BCUT2D eigenvalue weighted by Gasteiger charge is 2.18. The Balaban J connectivity index is 1.81. The Morgan fingerprint density at radius 3 is 2.75 bits per heavy atom. The van der Waals surface area contributed by atoms with Crippen LogP contribution in [0.25, 0.3) is 11.3 Å². The van der Waals surface area contributed by atoms with Crippen LogP contribution in [0.2, 0.25) is 5.02 Å². The van der Waals surface area contributed by atoms with Crippen LogP contribution in [-0.4, -0.2) is 20.4 Å². The maximum atomic E-state index is 12.5. The number of anilines is 1. The van der Waals surface area contributed by atoms with Gasteiger partial charge >= 0.3 is 0 Å². The summed E-state index contributed by atoms with van der Waals surface area (Å²) in [6.07, 6.45) is 1.05. The van der Waals surface area contributed by atoms with Crippen LogP contribution >= 0.6 is 22.9 Å². The summed E-state index contributed by atoms with van der Waals surface area (Å²) < 4.78 is 2.25. The van der Waals surface area contributed by atoms with Crippen LogP contribution < -0.4 is 5.32 Å². The summed E-state index contributed by atoms with van der Waals surface area (Å²) in [5, 5.41) is 15.9. The van der Waals surface area contributed by atoms with Gasteiger partial charge in [-0.05, 0) is 32.4 Å². The molecule has 1 N–H and O–H groups in total. The number of nitro benzene ring substituents is 1. The molecule has 0 aliphatic heterocycles. The van der Waals surface area contributed by atoms with Crippen molar-refractivity contribution in [2.45, 2.75) is 33.7 Å². The summed E-state index contributed by atoms with van der Waals surface area (Å²) in [5.41, 5.74) is 4.14. The number of amides is 1. The quantitative estimate of drug-likeness (QED) is 0.425. The topological polar surface area (TPSA) is 90.1 Å². The molecule has 3 rings (SSSR count). The number of nitro groups is 1. The Hall–Kier alpha value is -2.71. The lowest BCUT2D eigenvalue weighted by atomic mass is 10.2. The van der Waals surface area contributed by atoms with Crippen LogP contribution in [0.5, 0.6) is 0 Å². The van der Waals surface area contributed by atoms with Crippen LogP contribution in [-0.2, 0) is 6.54 Å². The van der Waals surface area contributed by atoms with E-state index < -0.39 is 10.8 Å². The molecule has 2 aromatic heterocycles. The van der Waals surface area contributed by atoms with Crippen LogP contribution in [0.15, 0.2) is 29.6 Å². The number of aromatic nitrogens is 2. The molecule has 0 atom stereocenters. The molecule has 0 aliphatic carbocycles. The first-order chi connectivity index (χ1) is 13.3. The average Bonchev–Trinajstić information content (AvgIpc) is 3.21. The predicted octanol–water partition coefficient (Wildman–Crippen LogP) is 5.45. The van der Waals surface area contributed by atoms with Gasteiger partial charge in [0, 0.05) is 41.0 Å². The van der Waals surface area contributed by atoms with Gasteiger partial charge in [-0.25, -0.2) is 4.98 Å². The van der Waals surface area contributed by atoms with Crippen LogP contribution in [0.4, 0.5) is 10.8 Å². The van der Waals surface area contributed by atoms with Gasteiger partial charge in [-0.3, -0.25) is 20.2 Å². The molecule has 28 heavy (non-hydrogen) atoms. The molecule has 146 valence electrons. The van der Waals surface area contributed by atoms with Gasteiger partial charge in [0.2, 0.25) is 0 Å². The minimum absolute atomic E-state index is 0.0200. The van der Waals surface area contributed by atoms with E-state index in [-0.39, 0.29) is 16.3 Å². The third kappa shape index (κ3) is 3.93. The van der Waals surface area contributed by atoms with Crippen molar-refractivity contribution in [1.82, 2.24) is 9.55 Å². The number of benzene rings is 1. The van der Waals surface area contributed by atoms with Crippen molar-refractivity contribution in [3.05, 3.63) is 61.7 Å². The number of carbonyl (C=O) groups is 1. The smallest absolute Gasteiger partial charge is 0.270 e. The Morgan fingerprint density at radius 2 is 2.11 bits per heavy atom. The first-order valence-electron chi connectivity index (χ1n) is 8.69. The molecule has 3 aromatic rings. The number of hydrogen-bond acceptors (Lipinski definition) is 5. The summed E-state index contributed by atoms with van der Waals surface area (Å²) in [6.45, 7) is 7.21. The molecule has 9 heteroatoms. The Labute approximate surface area is 171 Å². The van der Waals surface area contributed by atoms with E-state index in [2.05, 4.69) is 41.7 Å². The lowest BCUT2D eigenvalue weighted by Gasteiger charge is -2.07. The first-order valence-corrected chi connectivity index (χ1v) is 9.95. The predicted molar refractivity (Wildman–Crippen MR) is 111 cm³/mol. The molecule has 1 aromatic carbocycles. The summed E-state index contributed by atoms with van der Waals surface area (Å²) in [7, 11) is 0. The molecule has 2 heterocycles. The Morgan fingerprint density at radius 1 is 1.36 bits per heavy atom. The zero-order valence-electron chi connectivity index (χ0n) is 15.7. The number of nitrogens with zero attached hydrogens (tertiary/aromatic N) is 3. The molecule has 0 saturated heterocycles. The largest absolute Gasteiger partial charge is 0.348 e. The van der Waals surface area contributed by atoms with Crippen molar-refractivity contribution in [1.29, 1.82) is 0 Å². The highest BCUT2D eigenvalue weighted by Crippen LogP contribution is 2.31. The van der Waals surface area contributed by atoms with E-state index in [0.29, 0.717) is 5.13 Å². The van der Waals surface area contributed by atoms with Gasteiger partial charge < -0.3 is 4.57 Å². The van der Waals surface area contributed by atoms with Gasteiger partial charge in [-0.2, -0.15) is 0 Å². The van der Waals surface area contributed by atoms with Crippen LogP contribution in [0.1, 0.15) is 35.1 Å². The fourth-order valence-electron chi connectivity index (χ4n) is 3.05. The van der Waals surface area contributed by atoms with E-state index in [1.165, 1.54) is 29.2 Å². The van der Waals surface area contributed by atoms with Gasteiger partial charge in [0.25, 0.3) is 11.6 Å². The monoisotopic (exact) mass is 418 g/mol. The van der Waals surface area contributed by atoms with E-state index in [1.807, 2.05) is 5.38 Å². The SMILES string of the molecule is CCCn1c(C)cc(-c2csc(NC(=O)c3ccc([N+](=O)[O-])cc3Cl)n2)c1C. The third-order valence-electron chi connectivity index (χ3n) is 4.43. The Kier molecular flexibility index (Phi) is 5.81. The van der Waals surface area contributed by atoms with Crippen LogP contribution in [0, 0.1) is 24.0 Å². The zero-order chi connectivity index (χ0) is 20.4. The van der Waals surface area contributed by atoms with Crippen molar-refractivity contribution in [2.75, 3.05) is 5.32 Å². The number of hydrogen-bond donors (Lipinski definition) is 1. The van der Waals surface area contributed by atoms with Gasteiger partial charge in [0.15, 0.2) is 5.13 Å². The van der Waals surface area contributed by atoms with Gasteiger partial charge in [-0.15, -0.1) is 11.3 Å². The summed E-state index contributed by atoms with van der Waals surface area (Å²) in [5.74, 6) is -0.461. The number of carbonyl (C=O) groups excluding carboxylic acids is 1. The van der Waals surface area contributed by atoms with Crippen LogP contribution in [0.3, 0.4) is 0 Å². The van der Waals surface area contributed by atoms with Crippen molar-refractivity contribution >= 4 is 39.7 Å². The fraction of sp³-hybridized carbons (Fsp3) is 0.263. The molecule has 0 bridgehead atoms. The lowest BCUT2D eigenvalue weighted by molar-refractivity contribution is -0.384. The second-order valence-electron chi connectivity index (χ2n) is 6.35. The van der Waals surface area contributed by atoms with E-state index in [0.717, 1.165) is 36.0 Å². The third-order valence-corrected chi connectivity index (χ3v) is 5.50. The molecular formula is C19H19ClN4O3S. The first kappa shape index (κ1) is 20.0. The van der Waals surface area contributed by atoms with E-state index >= 15 is 0 Å². The summed E-state index contributed by atoms with van der Waals surface area (Å²) in [4.78, 5) is 27.2. The molecule has 7 nitrogen and oxygen atoms in total. The zero-order valence-corrected chi connectivity index (χ0v) is 17.2. The number of thiazole rings is 1. The van der Waals surface area contributed by atoms with E-state index in [9.17, 15) is 14.9 Å². The van der Waals surface area contributed by atoms with Gasteiger partial charge in [0.05, 0.1) is 21.2 Å². The normalized spacial score (nSPS) is 10.9. The number of non-ortho nitro benzene ring substituents is 1. The lowest BCUT2D eigenvalue weighted by Crippen LogP contribution is -2.12. The second-order valence-corrected chi connectivity index (χ2v) is 7.62. The molecule has 1 amide bonds. The van der Waals surface area contributed by atoms with Gasteiger partial charge in [-0.1, -0.05) is 18.5 Å². The van der Waals surface area contributed by atoms with Crippen molar-refractivity contribution < 1.29 is 9.72 Å². The number of halogens is 1. The number of nitrogens with one attached hydrogen (secondary N) is 1. The number of aryl methyl sites for hydroxylation is 1. The highest BCUT2D eigenvalue weighted by atomic mass is 35.5. The molecule has 0 spiro atoms. The van der Waals surface area contributed by atoms with Crippen molar-refractivity contribution in [3.63, 3.8) is 0 Å². The Bertz CT molecular complexity index is 1060. The second kappa shape index (κ2) is 8.12. The summed E-state index contributed by atoms with van der Waals surface area (Å²) >= 11 is 7.34. The summed E-state index contributed by atoms with van der Waals surface area (Å²) in [6, 6.07) is 5.84. The molecule has 0 fully saturated rings. The van der Waals surface area contributed by atoms with E-state index in [1.54, 1.807) is 0 Å². The standard InChI is InChI=1S/C19H19ClN4O3S/c1-4-7-23-11(2)8-15(12(23)3)17-10-28-19(21-17)22-18(25)14-6-5-13(24(26)27)9-16(14)20/h5-6,8-10H,4,7H2,1-3H3,(H,21,22,25). The maximum Gasteiger partial charge on any atom is 0.270 e. The molecule has 0 unspecified atom stereocenters. The van der Waals surface area contributed by atoms with E-state index in [4.69, 9.17) is 11.6 Å². The highest BCUT2D eigenvalue weighted by molar-refractivity contribution is 7.14. The van der Waals surface area contributed by atoms with Gasteiger partial charge in [0.1, 0.15) is 0 Å². The maximum absolute atomic E-state index is 12.5. The average molecular weight is 419 g/mol. The molecular weight excluding hydrogens is 400 g/mol. The number of rotatable bonds is 6.